The van der Waals surface area contributed by atoms with Crippen molar-refractivity contribution in [1.82, 2.24) is 9.97 Å². The van der Waals surface area contributed by atoms with Crippen LogP contribution < -0.4 is 15.2 Å². The van der Waals surface area contributed by atoms with Gasteiger partial charge in [-0.2, -0.15) is 0 Å². The van der Waals surface area contributed by atoms with Crippen molar-refractivity contribution in [3.05, 3.63) is 11.9 Å². The third kappa shape index (κ3) is 2.56. The van der Waals surface area contributed by atoms with Gasteiger partial charge in [-0.3, -0.25) is 0 Å². The normalized spacial score (nSPS) is 9.93. The highest BCUT2D eigenvalue weighted by Crippen LogP contribution is 2.21. The van der Waals surface area contributed by atoms with E-state index in [1.165, 1.54) is 6.33 Å². The van der Waals surface area contributed by atoms with E-state index in [1.54, 1.807) is 7.11 Å². The van der Waals surface area contributed by atoms with Gasteiger partial charge in [0.05, 0.1) is 19.3 Å². The number of aromatic nitrogens is 2. The molecule has 0 atom stereocenters. The van der Waals surface area contributed by atoms with Crippen molar-refractivity contribution in [3.63, 3.8) is 0 Å². The van der Waals surface area contributed by atoms with Crippen LogP contribution >= 0.6 is 0 Å². The molecule has 0 aliphatic heterocycles. The molecule has 0 fully saturated rings. The molecule has 0 aromatic carbocycles. The lowest BCUT2D eigenvalue weighted by Crippen LogP contribution is -2.08. The van der Waals surface area contributed by atoms with Crippen LogP contribution in [0.3, 0.4) is 0 Å². The van der Waals surface area contributed by atoms with Gasteiger partial charge < -0.3 is 15.2 Å². The molecule has 0 spiro atoms. The van der Waals surface area contributed by atoms with Crippen LogP contribution in [0.2, 0.25) is 0 Å². The molecule has 0 amide bonds. The van der Waals surface area contributed by atoms with Crippen molar-refractivity contribution in [2.75, 3.05) is 20.3 Å². The average molecular weight is 197 g/mol. The van der Waals surface area contributed by atoms with Gasteiger partial charge in [-0.25, -0.2) is 9.97 Å². The molecular weight excluding hydrogens is 182 g/mol. The molecule has 1 aromatic rings. The van der Waals surface area contributed by atoms with Gasteiger partial charge in [0.15, 0.2) is 0 Å². The maximum absolute atomic E-state index is 5.41. The number of methoxy groups -OCH3 is 1. The molecular formula is C9H15N3O2. The molecule has 1 heterocycles. The van der Waals surface area contributed by atoms with Crippen molar-refractivity contribution in [1.29, 1.82) is 0 Å². The van der Waals surface area contributed by atoms with Crippen LogP contribution in [0.5, 0.6) is 11.8 Å². The minimum Gasteiger partial charge on any atom is -0.481 e. The molecule has 2 N–H and O–H groups in total. The molecule has 0 saturated heterocycles. The molecule has 0 radical (unpaired) electrons. The average Bonchev–Trinajstić information content (AvgIpc) is 2.21. The van der Waals surface area contributed by atoms with Crippen LogP contribution in [0, 0.1) is 6.92 Å². The third-order valence-electron chi connectivity index (χ3n) is 1.77. The van der Waals surface area contributed by atoms with E-state index in [-0.39, 0.29) is 0 Å². The van der Waals surface area contributed by atoms with Crippen LogP contribution in [0.15, 0.2) is 6.33 Å². The molecule has 0 aliphatic rings. The number of nitrogens with zero attached hydrogens (tertiary/aromatic N) is 2. The van der Waals surface area contributed by atoms with Gasteiger partial charge in [-0.1, -0.05) is 0 Å². The van der Waals surface area contributed by atoms with E-state index in [0.29, 0.717) is 24.9 Å². The predicted octanol–water partition coefficient (Wildman–Crippen LogP) is 0.521. The monoisotopic (exact) mass is 197 g/mol. The highest BCUT2D eigenvalue weighted by atomic mass is 16.5. The lowest BCUT2D eigenvalue weighted by atomic mass is 10.3. The van der Waals surface area contributed by atoms with E-state index >= 15 is 0 Å². The standard InChI is InChI=1S/C9H15N3O2/c1-7-8(13-2)11-6-12-9(7)14-5-3-4-10/h6H,3-5,10H2,1-2H3. The Labute approximate surface area is 83.3 Å². The zero-order valence-corrected chi connectivity index (χ0v) is 8.49. The van der Waals surface area contributed by atoms with Crippen molar-refractivity contribution in [2.45, 2.75) is 13.3 Å². The first-order valence-corrected chi connectivity index (χ1v) is 4.48. The Bertz CT molecular complexity index is 291. The van der Waals surface area contributed by atoms with Gasteiger partial charge in [-0.05, 0) is 19.9 Å². The summed E-state index contributed by atoms with van der Waals surface area (Å²) in [4.78, 5) is 7.95. The first-order chi connectivity index (χ1) is 6.79. The van der Waals surface area contributed by atoms with Gasteiger partial charge in [0, 0.05) is 0 Å². The topological polar surface area (TPSA) is 70.3 Å². The summed E-state index contributed by atoms with van der Waals surface area (Å²) < 4.78 is 10.4. The van der Waals surface area contributed by atoms with E-state index in [0.717, 1.165) is 12.0 Å². The van der Waals surface area contributed by atoms with Crippen molar-refractivity contribution in [2.24, 2.45) is 5.73 Å². The Hall–Kier alpha value is -1.36. The molecule has 1 rings (SSSR count). The second kappa shape index (κ2) is 5.39. The Morgan fingerprint density at radius 3 is 2.71 bits per heavy atom. The molecule has 0 aliphatic carbocycles. The van der Waals surface area contributed by atoms with E-state index < -0.39 is 0 Å². The fraction of sp³-hybridized carbons (Fsp3) is 0.556. The van der Waals surface area contributed by atoms with Crippen LogP contribution in [-0.2, 0) is 0 Å². The molecule has 14 heavy (non-hydrogen) atoms. The Morgan fingerprint density at radius 1 is 1.36 bits per heavy atom. The zero-order valence-electron chi connectivity index (χ0n) is 8.49. The maximum atomic E-state index is 5.41. The predicted molar refractivity (Wildman–Crippen MR) is 52.5 cm³/mol. The number of rotatable bonds is 5. The Kier molecular flexibility index (Phi) is 4.12. The van der Waals surface area contributed by atoms with E-state index in [4.69, 9.17) is 15.2 Å². The summed E-state index contributed by atoms with van der Waals surface area (Å²) in [6.45, 7) is 3.04. The highest BCUT2D eigenvalue weighted by Gasteiger charge is 2.07. The fourth-order valence-corrected chi connectivity index (χ4v) is 1.02. The SMILES string of the molecule is COc1ncnc(OCCCN)c1C. The summed E-state index contributed by atoms with van der Waals surface area (Å²) >= 11 is 0. The summed E-state index contributed by atoms with van der Waals surface area (Å²) in [5, 5.41) is 0. The summed E-state index contributed by atoms with van der Waals surface area (Å²) in [5.41, 5.74) is 6.16. The highest BCUT2D eigenvalue weighted by molar-refractivity contribution is 5.32. The number of hydrogen-bond donors (Lipinski definition) is 1. The first kappa shape index (κ1) is 10.7. The molecule has 0 unspecified atom stereocenters. The summed E-state index contributed by atoms with van der Waals surface area (Å²) in [7, 11) is 1.57. The second-order valence-electron chi connectivity index (χ2n) is 2.80. The first-order valence-electron chi connectivity index (χ1n) is 4.48. The van der Waals surface area contributed by atoms with E-state index in [9.17, 15) is 0 Å². The molecule has 0 bridgehead atoms. The van der Waals surface area contributed by atoms with E-state index in [2.05, 4.69) is 9.97 Å². The molecule has 1 aromatic heterocycles. The quantitative estimate of drug-likeness (QED) is 0.697. The van der Waals surface area contributed by atoms with Crippen molar-refractivity contribution < 1.29 is 9.47 Å². The summed E-state index contributed by atoms with van der Waals surface area (Å²) in [6.07, 6.45) is 2.23. The Morgan fingerprint density at radius 2 is 2.07 bits per heavy atom. The van der Waals surface area contributed by atoms with Gasteiger partial charge in [0.2, 0.25) is 11.8 Å². The lowest BCUT2D eigenvalue weighted by Gasteiger charge is -2.08. The second-order valence-corrected chi connectivity index (χ2v) is 2.80. The molecule has 78 valence electrons. The Balaban J connectivity index is 2.66. The third-order valence-corrected chi connectivity index (χ3v) is 1.77. The van der Waals surface area contributed by atoms with Crippen LogP contribution in [0.25, 0.3) is 0 Å². The number of hydrogen-bond acceptors (Lipinski definition) is 5. The van der Waals surface area contributed by atoms with Crippen molar-refractivity contribution in [3.8, 4) is 11.8 Å². The van der Waals surface area contributed by atoms with Gasteiger partial charge in [-0.15, -0.1) is 0 Å². The van der Waals surface area contributed by atoms with Gasteiger partial charge >= 0.3 is 0 Å². The van der Waals surface area contributed by atoms with Crippen LogP contribution in [-0.4, -0.2) is 30.2 Å². The van der Waals surface area contributed by atoms with Gasteiger partial charge in [0.1, 0.15) is 6.33 Å². The summed E-state index contributed by atoms with van der Waals surface area (Å²) in [6, 6.07) is 0. The number of ether oxygens (including phenoxy) is 2. The largest absolute Gasteiger partial charge is 0.481 e. The fourth-order valence-electron chi connectivity index (χ4n) is 1.02. The van der Waals surface area contributed by atoms with Crippen molar-refractivity contribution >= 4 is 0 Å². The minimum atomic E-state index is 0.544. The van der Waals surface area contributed by atoms with E-state index in [1.807, 2.05) is 6.92 Å². The molecule has 5 heteroatoms. The maximum Gasteiger partial charge on any atom is 0.223 e. The summed E-state index contributed by atoms with van der Waals surface area (Å²) in [5.74, 6) is 1.10. The lowest BCUT2D eigenvalue weighted by molar-refractivity contribution is 0.293. The molecule has 0 saturated carbocycles. The van der Waals surface area contributed by atoms with Crippen LogP contribution in [0.1, 0.15) is 12.0 Å². The smallest absolute Gasteiger partial charge is 0.223 e. The zero-order chi connectivity index (χ0) is 10.4. The minimum absolute atomic E-state index is 0.544. The molecule has 5 nitrogen and oxygen atoms in total. The van der Waals surface area contributed by atoms with Crippen LogP contribution in [0.4, 0.5) is 0 Å². The van der Waals surface area contributed by atoms with Gasteiger partial charge in [0.25, 0.3) is 0 Å². The number of nitrogens with two attached hydrogens (primary N) is 1.